The molecule has 5 rings (SSSR count). The number of aryl methyl sites for hydroxylation is 1. The van der Waals surface area contributed by atoms with Crippen molar-refractivity contribution in [2.24, 2.45) is 5.92 Å². The van der Waals surface area contributed by atoms with E-state index in [-0.39, 0.29) is 35.5 Å². The predicted molar refractivity (Wildman–Crippen MR) is 143 cm³/mol. The minimum atomic E-state index is -0.340. The number of carbonyl (C=O) groups is 3. The Morgan fingerprint density at radius 2 is 1.92 bits per heavy atom. The molecule has 2 atom stereocenters. The van der Waals surface area contributed by atoms with Crippen LogP contribution in [-0.4, -0.2) is 35.9 Å². The lowest BCUT2D eigenvalue weighted by Gasteiger charge is -2.15. The summed E-state index contributed by atoms with van der Waals surface area (Å²) >= 11 is 0. The minimum Gasteiger partial charge on any atom is -0.381 e. The van der Waals surface area contributed by atoms with Crippen molar-refractivity contribution in [3.05, 3.63) is 81.9 Å². The van der Waals surface area contributed by atoms with E-state index >= 15 is 0 Å². The van der Waals surface area contributed by atoms with E-state index in [1.54, 1.807) is 36.4 Å². The first-order valence-electron chi connectivity index (χ1n) is 12.5. The molecule has 196 valence electrons. The molecule has 1 saturated heterocycles. The first kappa shape index (κ1) is 25.4. The quantitative estimate of drug-likeness (QED) is 0.355. The number of carbonyl (C=O) groups excluding carboxylic acids is 3. The second-order valence-electron chi connectivity index (χ2n) is 9.73. The number of benzene rings is 2. The molecule has 0 aliphatic carbocycles. The highest BCUT2D eigenvalue weighted by Gasteiger charge is 2.28. The number of aromatic nitrogens is 1. The zero-order chi connectivity index (χ0) is 27.0. The lowest BCUT2D eigenvalue weighted by atomic mass is 10.0. The highest BCUT2D eigenvalue weighted by atomic mass is 19.1. The van der Waals surface area contributed by atoms with Crippen LogP contribution in [0.1, 0.15) is 57.8 Å². The highest BCUT2D eigenvalue weighted by molar-refractivity contribution is 6.35. The fourth-order valence-corrected chi connectivity index (χ4v) is 4.80. The number of ether oxygens (including phenoxy) is 1. The molecule has 0 saturated carbocycles. The summed E-state index contributed by atoms with van der Waals surface area (Å²) in [5, 5.41) is 8.76. The van der Waals surface area contributed by atoms with E-state index in [2.05, 4.69) is 20.9 Å². The van der Waals surface area contributed by atoms with E-state index in [9.17, 15) is 18.8 Å². The fraction of sp³-hybridized carbons (Fsp3) is 0.276. The van der Waals surface area contributed by atoms with Crippen molar-refractivity contribution in [1.29, 1.82) is 0 Å². The predicted octanol–water partition coefficient (Wildman–Crippen LogP) is 4.73. The van der Waals surface area contributed by atoms with Gasteiger partial charge in [-0.3, -0.25) is 14.4 Å². The maximum absolute atomic E-state index is 13.2. The Kier molecular flexibility index (Phi) is 6.86. The number of hydrogen-bond donors (Lipinski definition) is 4. The summed E-state index contributed by atoms with van der Waals surface area (Å²) in [5.74, 6) is -1.18. The van der Waals surface area contributed by atoms with E-state index in [4.69, 9.17) is 4.74 Å². The largest absolute Gasteiger partial charge is 0.381 e. The van der Waals surface area contributed by atoms with Crippen molar-refractivity contribution >= 4 is 40.7 Å². The number of nitrogens with one attached hydrogen (secondary N) is 4. The van der Waals surface area contributed by atoms with Crippen molar-refractivity contribution in [3.8, 4) is 0 Å². The SMILES string of the molecule is Cc1[nH]c(/C=C2\C(=O)Nc3ccc(C(=O)N[C@H](C)c4ccc(F)cc4)cc32)c(C)c1NC(=O)[C@@H]1CCOC1. The number of fused-ring (bicyclic) bond motifs is 1. The van der Waals surface area contributed by atoms with Crippen LogP contribution in [0.2, 0.25) is 0 Å². The Bertz CT molecular complexity index is 1450. The zero-order valence-corrected chi connectivity index (χ0v) is 21.4. The highest BCUT2D eigenvalue weighted by Crippen LogP contribution is 2.36. The Morgan fingerprint density at radius 3 is 2.63 bits per heavy atom. The maximum atomic E-state index is 13.2. The second-order valence-corrected chi connectivity index (χ2v) is 9.73. The van der Waals surface area contributed by atoms with Gasteiger partial charge in [0.2, 0.25) is 5.91 Å². The first-order valence-corrected chi connectivity index (χ1v) is 12.5. The van der Waals surface area contributed by atoms with Crippen LogP contribution < -0.4 is 16.0 Å². The summed E-state index contributed by atoms with van der Waals surface area (Å²) in [6.07, 6.45) is 2.43. The molecule has 3 heterocycles. The van der Waals surface area contributed by atoms with E-state index in [1.165, 1.54) is 12.1 Å². The van der Waals surface area contributed by atoms with Crippen molar-refractivity contribution in [2.45, 2.75) is 33.2 Å². The van der Waals surface area contributed by atoms with E-state index < -0.39 is 0 Å². The molecule has 0 spiro atoms. The number of halogens is 1. The summed E-state index contributed by atoms with van der Waals surface area (Å²) in [6.45, 7) is 6.57. The van der Waals surface area contributed by atoms with Gasteiger partial charge in [0.1, 0.15) is 5.82 Å². The smallest absolute Gasteiger partial charge is 0.256 e. The van der Waals surface area contributed by atoms with Crippen molar-refractivity contribution < 1.29 is 23.5 Å². The third-order valence-corrected chi connectivity index (χ3v) is 7.10. The number of amides is 3. The van der Waals surface area contributed by atoms with Gasteiger partial charge in [0.05, 0.1) is 29.8 Å². The molecule has 0 unspecified atom stereocenters. The van der Waals surface area contributed by atoms with Crippen molar-refractivity contribution in [1.82, 2.24) is 10.3 Å². The summed E-state index contributed by atoms with van der Waals surface area (Å²) < 4.78 is 18.6. The molecule has 38 heavy (non-hydrogen) atoms. The lowest BCUT2D eigenvalue weighted by Crippen LogP contribution is -2.26. The molecule has 3 amide bonds. The Hall–Kier alpha value is -4.24. The lowest BCUT2D eigenvalue weighted by molar-refractivity contribution is -0.119. The van der Waals surface area contributed by atoms with E-state index in [1.807, 2.05) is 20.8 Å². The number of H-pyrrole nitrogens is 1. The van der Waals surface area contributed by atoms with Gasteiger partial charge in [-0.25, -0.2) is 4.39 Å². The standard InChI is InChI=1S/C29H29FN4O4/c1-15-25(31-17(3)26(15)34-28(36)20-10-11-38-14-20)13-23-22-12-19(6-9-24(22)33-29(23)37)27(35)32-16(2)18-4-7-21(30)8-5-18/h4-9,12-13,16,20,31H,10-11,14H2,1-3H3,(H,32,35)(H,33,37)(H,34,36)/b23-13-/t16-,20-/m1/s1. The number of hydrogen-bond acceptors (Lipinski definition) is 4. The van der Waals surface area contributed by atoms with Gasteiger partial charge in [-0.05, 0) is 74.7 Å². The van der Waals surface area contributed by atoms with Gasteiger partial charge in [0.15, 0.2) is 0 Å². The Morgan fingerprint density at radius 1 is 1.16 bits per heavy atom. The molecule has 0 radical (unpaired) electrons. The minimum absolute atomic E-state index is 0.0821. The molecule has 8 nitrogen and oxygen atoms in total. The molecule has 1 fully saturated rings. The summed E-state index contributed by atoms with van der Waals surface area (Å²) in [5.41, 5.74) is 5.78. The number of rotatable bonds is 6. The summed E-state index contributed by atoms with van der Waals surface area (Å²) in [7, 11) is 0. The molecule has 2 aliphatic rings. The molecular formula is C29H29FN4O4. The van der Waals surface area contributed by atoms with Gasteiger partial charge >= 0.3 is 0 Å². The molecule has 2 aliphatic heterocycles. The molecule has 9 heteroatoms. The van der Waals surface area contributed by atoms with E-state index in [0.29, 0.717) is 53.4 Å². The normalized spacial score (nSPS) is 18.3. The van der Waals surface area contributed by atoms with Crippen LogP contribution in [0.15, 0.2) is 42.5 Å². The average Bonchev–Trinajstić information content (AvgIpc) is 3.60. The van der Waals surface area contributed by atoms with Gasteiger partial charge in [-0.2, -0.15) is 0 Å². The number of aromatic amines is 1. The topological polar surface area (TPSA) is 112 Å². The van der Waals surface area contributed by atoms with Gasteiger partial charge in [0.25, 0.3) is 11.8 Å². The summed E-state index contributed by atoms with van der Waals surface area (Å²) in [6, 6.07) is 10.7. The Balaban J connectivity index is 1.38. The third kappa shape index (κ3) is 4.97. The van der Waals surface area contributed by atoms with Gasteiger partial charge in [0, 0.05) is 34.8 Å². The van der Waals surface area contributed by atoms with Gasteiger partial charge in [-0.1, -0.05) is 12.1 Å². The van der Waals surface area contributed by atoms with Crippen LogP contribution in [-0.2, 0) is 14.3 Å². The van der Waals surface area contributed by atoms with Crippen LogP contribution in [0.3, 0.4) is 0 Å². The molecule has 4 N–H and O–H groups in total. The molecule has 2 aromatic carbocycles. The molecule has 1 aromatic heterocycles. The van der Waals surface area contributed by atoms with Crippen LogP contribution in [0.25, 0.3) is 11.6 Å². The fourth-order valence-electron chi connectivity index (χ4n) is 4.80. The molecule has 3 aromatic rings. The van der Waals surface area contributed by atoms with Crippen LogP contribution in [0.4, 0.5) is 15.8 Å². The van der Waals surface area contributed by atoms with E-state index in [0.717, 1.165) is 16.8 Å². The first-order chi connectivity index (χ1) is 18.2. The van der Waals surface area contributed by atoms with Crippen molar-refractivity contribution in [3.63, 3.8) is 0 Å². The van der Waals surface area contributed by atoms with Crippen molar-refractivity contribution in [2.75, 3.05) is 23.8 Å². The third-order valence-electron chi connectivity index (χ3n) is 7.10. The van der Waals surface area contributed by atoms with Crippen LogP contribution >= 0.6 is 0 Å². The summed E-state index contributed by atoms with van der Waals surface area (Å²) in [4.78, 5) is 41.7. The van der Waals surface area contributed by atoms with Crippen LogP contribution in [0.5, 0.6) is 0 Å². The van der Waals surface area contributed by atoms with Crippen LogP contribution in [0, 0.1) is 25.6 Å². The number of anilines is 2. The Labute approximate surface area is 219 Å². The second kappa shape index (κ2) is 10.3. The zero-order valence-electron chi connectivity index (χ0n) is 21.4. The molecular weight excluding hydrogens is 487 g/mol. The molecule has 0 bridgehead atoms. The van der Waals surface area contributed by atoms with Gasteiger partial charge in [-0.15, -0.1) is 0 Å². The monoisotopic (exact) mass is 516 g/mol. The van der Waals surface area contributed by atoms with Gasteiger partial charge < -0.3 is 25.7 Å². The average molecular weight is 517 g/mol. The maximum Gasteiger partial charge on any atom is 0.256 e.